The topological polar surface area (TPSA) is 117 Å². The van der Waals surface area contributed by atoms with Crippen molar-refractivity contribution in [3.63, 3.8) is 0 Å². The van der Waals surface area contributed by atoms with Crippen molar-refractivity contribution >= 4 is 27.1 Å². The Bertz CT molecular complexity index is 1360. The second-order valence-corrected chi connectivity index (χ2v) is 9.55. The predicted octanol–water partition coefficient (Wildman–Crippen LogP) is 1.96. The van der Waals surface area contributed by atoms with E-state index in [-0.39, 0.29) is 29.5 Å². The second kappa shape index (κ2) is 8.91. The SMILES string of the molecule is COC(=O)Cn1c(=O)oc2cc(S(=O)(=O)N3CCC(c4cc(OC)ccc4OC)C3)ccc21. The fourth-order valence-corrected chi connectivity index (χ4v) is 5.57. The Morgan fingerprint density at radius 3 is 2.61 bits per heavy atom. The lowest BCUT2D eigenvalue weighted by atomic mass is 9.97. The predicted molar refractivity (Wildman–Crippen MR) is 118 cm³/mol. The first kappa shape index (κ1) is 22.9. The first-order valence-corrected chi connectivity index (χ1v) is 11.6. The Kier molecular flexibility index (Phi) is 6.17. The van der Waals surface area contributed by atoms with Gasteiger partial charge in [-0.2, -0.15) is 4.31 Å². The van der Waals surface area contributed by atoms with Gasteiger partial charge in [0.1, 0.15) is 18.0 Å². The van der Waals surface area contributed by atoms with Crippen LogP contribution in [0.15, 0.2) is 50.5 Å². The number of nitrogens with zero attached hydrogens (tertiary/aromatic N) is 2. The molecule has 2 aromatic carbocycles. The highest BCUT2D eigenvalue weighted by atomic mass is 32.2. The summed E-state index contributed by atoms with van der Waals surface area (Å²) < 4.78 is 49.7. The first-order valence-electron chi connectivity index (χ1n) is 10.2. The molecule has 0 saturated carbocycles. The summed E-state index contributed by atoms with van der Waals surface area (Å²) in [7, 11) is 0.521. The van der Waals surface area contributed by atoms with Crippen LogP contribution in [0.1, 0.15) is 17.9 Å². The number of carbonyl (C=O) groups excluding carboxylic acids is 1. The Labute approximate surface area is 190 Å². The number of rotatable bonds is 7. The molecule has 0 N–H and O–H groups in total. The van der Waals surface area contributed by atoms with E-state index in [9.17, 15) is 18.0 Å². The molecule has 4 rings (SSSR count). The molecule has 1 aliphatic heterocycles. The molecule has 1 aliphatic rings. The third-order valence-electron chi connectivity index (χ3n) is 5.82. The Morgan fingerprint density at radius 2 is 1.91 bits per heavy atom. The second-order valence-electron chi connectivity index (χ2n) is 7.62. The van der Waals surface area contributed by atoms with Gasteiger partial charge in [-0.05, 0) is 36.8 Å². The van der Waals surface area contributed by atoms with Crippen LogP contribution in [0.5, 0.6) is 11.5 Å². The molecule has 0 aliphatic carbocycles. The minimum Gasteiger partial charge on any atom is -0.497 e. The number of carbonyl (C=O) groups is 1. The lowest BCUT2D eigenvalue weighted by molar-refractivity contribution is -0.141. The van der Waals surface area contributed by atoms with Crippen molar-refractivity contribution in [1.82, 2.24) is 8.87 Å². The van der Waals surface area contributed by atoms with E-state index in [1.54, 1.807) is 26.4 Å². The van der Waals surface area contributed by atoms with Gasteiger partial charge in [0.05, 0.1) is 31.7 Å². The third-order valence-corrected chi connectivity index (χ3v) is 7.68. The number of methoxy groups -OCH3 is 3. The summed E-state index contributed by atoms with van der Waals surface area (Å²) >= 11 is 0. The maximum absolute atomic E-state index is 13.3. The number of fused-ring (bicyclic) bond motifs is 1. The third kappa shape index (κ3) is 4.21. The van der Waals surface area contributed by atoms with Gasteiger partial charge in [0.2, 0.25) is 10.0 Å². The normalized spacial score (nSPS) is 16.8. The summed E-state index contributed by atoms with van der Waals surface area (Å²) in [4.78, 5) is 23.7. The zero-order valence-corrected chi connectivity index (χ0v) is 19.3. The van der Waals surface area contributed by atoms with Gasteiger partial charge in [0.25, 0.3) is 0 Å². The van der Waals surface area contributed by atoms with E-state index in [1.165, 1.54) is 29.6 Å². The number of sulfonamides is 1. The van der Waals surface area contributed by atoms with Crippen LogP contribution in [-0.2, 0) is 26.1 Å². The van der Waals surface area contributed by atoms with E-state index in [0.717, 1.165) is 10.1 Å². The molecule has 1 aromatic heterocycles. The highest BCUT2D eigenvalue weighted by Gasteiger charge is 2.35. The van der Waals surface area contributed by atoms with E-state index in [4.69, 9.17) is 13.9 Å². The lowest BCUT2D eigenvalue weighted by Crippen LogP contribution is -2.28. The molecule has 1 atom stereocenters. The monoisotopic (exact) mass is 476 g/mol. The van der Waals surface area contributed by atoms with E-state index >= 15 is 0 Å². The van der Waals surface area contributed by atoms with Crippen molar-refractivity contribution in [2.75, 3.05) is 34.4 Å². The van der Waals surface area contributed by atoms with Crippen molar-refractivity contribution in [3.8, 4) is 11.5 Å². The maximum atomic E-state index is 13.3. The van der Waals surface area contributed by atoms with Crippen LogP contribution in [0, 0.1) is 0 Å². The summed E-state index contributed by atoms with van der Waals surface area (Å²) in [5.74, 6) is -0.101. The van der Waals surface area contributed by atoms with Gasteiger partial charge >= 0.3 is 11.7 Å². The van der Waals surface area contributed by atoms with E-state index in [2.05, 4.69) is 4.74 Å². The van der Waals surface area contributed by atoms with Crippen molar-refractivity contribution < 1.29 is 31.8 Å². The lowest BCUT2D eigenvalue weighted by Gasteiger charge is -2.18. The van der Waals surface area contributed by atoms with Gasteiger partial charge < -0.3 is 18.6 Å². The van der Waals surface area contributed by atoms with Gasteiger partial charge in [0.15, 0.2) is 5.58 Å². The summed E-state index contributed by atoms with van der Waals surface area (Å²) in [5, 5.41) is 0. The average Bonchev–Trinajstić information content (AvgIpc) is 3.43. The van der Waals surface area contributed by atoms with Crippen LogP contribution in [0.2, 0.25) is 0 Å². The molecule has 0 radical (unpaired) electrons. The quantitative estimate of drug-likeness (QED) is 0.475. The van der Waals surface area contributed by atoms with Crippen LogP contribution in [-0.4, -0.2) is 57.7 Å². The fraction of sp³-hybridized carbons (Fsp3) is 0.364. The van der Waals surface area contributed by atoms with Crippen molar-refractivity contribution in [3.05, 3.63) is 52.5 Å². The minimum atomic E-state index is -3.84. The summed E-state index contributed by atoms with van der Waals surface area (Å²) in [5.41, 5.74) is 1.27. The van der Waals surface area contributed by atoms with Gasteiger partial charge in [-0.3, -0.25) is 9.36 Å². The molecule has 3 aromatic rings. The summed E-state index contributed by atoms with van der Waals surface area (Å²) in [6, 6.07) is 9.62. The molecule has 33 heavy (non-hydrogen) atoms. The number of hydrogen-bond acceptors (Lipinski definition) is 8. The number of aromatic nitrogens is 1. The average molecular weight is 477 g/mol. The Hall–Kier alpha value is -3.31. The fourth-order valence-electron chi connectivity index (χ4n) is 4.06. The molecule has 1 unspecified atom stereocenters. The number of ether oxygens (including phenoxy) is 3. The standard InChI is InChI=1S/C22H24N2O8S/c1-29-15-4-7-19(30-2)17(10-15)14-8-9-23(12-14)33(27,28)16-5-6-18-20(11-16)32-22(26)24(18)13-21(25)31-3/h4-7,10-11,14H,8-9,12-13H2,1-3H3. The van der Waals surface area contributed by atoms with Crippen molar-refractivity contribution in [2.24, 2.45) is 0 Å². The van der Waals surface area contributed by atoms with Crippen LogP contribution in [0.4, 0.5) is 0 Å². The smallest absolute Gasteiger partial charge is 0.420 e. The Balaban J connectivity index is 1.62. The molecule has 1 fully saturated rings. The first-order chi connectivity index (χ1) is 15.8. The van der Waals surface area contributed by atoms with Crippen molar-refractivity contribution in [2.45, 2.75) is 23.8 Å². The van der Waals surface area contributed by atoms with Gasteiger partial charge in [-0.1, -0.05) is 0 Å². The Morgan fingerprint density at radius 1 is 1.12 bits per heavy atom. The molecule has 2 heterocycles. The van der Waals surface area contributed by atoms with Gasteiger partial charge in [-0.25, -0.2) is 13.2 Å². The zero-order valence-electron chi connectivity index (χ0n) is 18.4. The molecule has 11 heteroatoms. The molecule has 0 amide bonds. The molecule has 10 nitrogen and oxygen atoms in total. The van der Waals surface area contributed by atoms with Crippen molar-refractivity contribution in [1.29, 1.82) is 0 Å². The molecular weight excluding hydrogens is 452 g/mol. The number of hydrogen-bond donors (Lipinski definition) is 0. The summed E-state index contributed by atoms with van der Waals surface area (Å²) in [6.45, 7) is 0.278. The van der Waals surface area contributed by atoms with E-state index in [0.29, 0.717) is 30.0 Å². The van der Waals surface area contributed by atoms with E-state index in [1.807, 2.05) is 6.07 Å². The largest absolute Gasteiger partial charge is 0.497 e. The minimum absolute atomic E-state index is 0.00669. The maximum Gasteiger partial charge on any atom is 0.420 e. The highest BCUT2D eigenvalue weighted by Crippen LogP contribution is 2.37. The van der Waals surface area contributed by atoms with Gasteiger partial charge in [0, 0.05) is 30.6 Å². The number of benzene rings is 2. The molecule has 1 saturated heterocycles. The number of esters is 1. The molecular formula is C22H24N2O8S. The van der Waals surface area contributed by atoms with Gasteiger partial charge in [-0.15, -0.1) is 0 Å². The summed E-state index contributed by atoms with van der Waals surface area (Å²) in [6.07, 6.45) is 0.621. The molecule has 176 valence electrons. The van der Waals surface area contributed by atoms with Crippen LogP contribution >= 0.6 is 0 Å². The van der Waals surface area contributed by atoms with E-state index < -0.39 is 21.7 Å². The highest BCUT2D eigenvalue weighted by molar-refractivity contribution is 7.89. The molecule has 0 spiro atoms. The van der Waals surface area contributed by atoms with Crippen LogP contribution in [0.25, 0.3) is 11.1 Å². The number of oxazole rings is 1. The van der Waals surface area contributed by atoms with Crippen LogP contribution in [0.3, 0.4) is 0 Å². The molecule has 0 bridgehead atoms. The van der Waals surface area contributed by atoms with Crippen LogP contribution < -0.4 is 15.2 Å². The zero-order chi connectivity index (χ0) is 23.8.